The Kier molecular flexibility index (Phi) is 14.6. The molecule has 1 aromatic heterocycles. The van der Waals surface area contributed by atoms with E-state index in [-0.39, 0.29) is 49.4 Å². The number of carbonyl (C=O) groups is 2. The highest BCUT2D eigenvalue weighted by atomic mass is 16.7. The van der Waals surface area contributed by atoms with Crippen LogP contribution < -0.4 is 16.4 Å². The molecule has 0 bridgehead atoms. The molecular formula is C54H87N5O13. The van der Waals surface area contributed by atoms with E-state index in [0.29, 0.717) is 77.2 Å². The number of aliphatic hydroxyl groups excluding tert-OH is 8. The van der Waals surface area contributed by atoms with Crippen molar-refractivity contribution in [2.45, 2.75) is 173 Å². The number of carbonyl (C=O) groups excluding carboxylic acids is 1. The molecule has 0 radical (unpaired) electrons. The van der Waals surface area contributed by atoms with Crippen LogP contribution in [0.4, 0.5) is 0 Å². The number of nitrogens with zero attached hydrogens (tertiary/aromatic N) is 1. The summed E-state index contributed by atoms with van der Waals surface area (Å²) in [4.78, 5) is 36.5. The summed E-state index contributed by atoms with van der Waals surface area (Å²) in [6.07, 6.45) is 3.22. The number of imidazole rings is 1. The van der Waals surface area contributed by atoms with E-state index in [0.717, 1.165) is 24.1 Å². The smallest absolute Gasteiger partial charge is 0.310 e. The molecule has 406 valence electrons. The monoisotopic (exact) mass is 1010 g/mol. The minimum atomic E-state index is -1.66. The van der Waals surface area contributed by atoms with Crippen molar-refractivity contribution in [2.75, 3.05) is 40.0 Å². The van der Waals surface area contributed by atoms with Crippen molar-refractivity contribution in [3.05, 3.63) is 29.9 Å². The molecule has 5 saturated carbocycles. The molecule has 0 unspecified atom stereocenters. The van der Waals surface area contributed by atoms with Gasteiger partial charge < -0.3 is 76.8 Å². The molecule has 3 heterocycles. The fraction of sp³-hybridized carbons (Fsp3) is 0.870. The summed E-state index contributed by atoms with van der Waals surface area (Å²) in [6.45, 7) is 10.1. The maximum atomic E-state index is 15.0. The molecule has 22 atom stereocenters. The summed E-state index contributed by atoms with van der Waals surface area (Å²) in [5.74, 6) is -4.22. The van der Waals surface area contributed by atoms with Gasteiger partial charge in [-0.3, -0.25) is 9.59 Å². The maximum absolute atomic E-state index is 15.0. The first-order chi connectivity index (χ1) is 34.0. The molecule has 14 N–H and O–H groups in total. The van der Waals surface area contributed by atoms with Crippen LogP contribution in [-0.4, -0.2) is 157 Å². The molecule has 0 aromatic carbocycles. The standard InChI is InChI=1S/C54H87N5O13/c1-48(25-61)15-16-54(47(69)70)29(23-60)19-51(4)31(34(54)20-48)9-10-38-50(51,3)14-11-37-49(2,26-62)43(72-45-42(66)41(65)36(63)24-71-45)40(64)33(52(37,38)5)18-32-39(59-46(68)53(32)12-7-8-13-53)30(35-22-57-27-58-35)17-28(21-56-6)44(55)67/h9,22,27-30,32-34,36-45,56,60-67H,7-8,10-21,23-26,55H2,1-6H3,(H,57,58)(H,59,68)(H,69,70)/t28-,29-,30-,32+,33-,34-,36+,37+,38-,39-,40+,41-,42+,43+,44-,45-,48-,49-,50+,51+,52-,54-/m0/s1. The fourth-order valence-electron chi connectivity index (χ4n) is 18.5. The van der Waals surface area contributed by atoms with Crippen LogP contribution >= 0.6 is 0 Å². The Labute approximate surface area is 424 Å². The lowest BCUT2D eigenvalue weighted by atomic mass is 9.31. The van der Waals surface area contributed by atoms with Crippen LogP contribution in [0.1, 0.15) is 130 Å². The summed E-state index contributed by atoms with van der Waals surface area (Å²) < 4.78 is 12.6. The van der Waals surface area contributed by atoms with E-state index in [1.807, 2.05) is 13.8 Å². The molecule has 8 aliphatic rings. The number of fused-ring (bicyclic) bond motifs is 7. The molecule has 9 rings (SSSR count). The number of aliphatic hydroxyl groups is 8. The number of nitrogens with two attached hydrogens (primary N) is 1. The molecule has 1 spiro atoms. The largest absolute Gasteiger partial charge is 0.481 e. The van der Waals surface area contributed by atoms with Gasteiger partial charge >= 0.3 is 5.97 Å². The van der Waals surface area contributed by atoms with Crippen LogP contribution in [0.3, 0.4) is 0 Å². The van der Waals surface area contributed by atoms with Gasteiger partial charge in [0.2, 0.25) is 5.91 Å². The van der Waals surface area contributed by atoms with Crippen molar-refractivity contribution in [3.8, 4) is 0 Å². The summed E-state index contributed by atoms with van der Waals surface area (Å²) in [5.41, 5.74) is 2.49. The van der Waals surface area contributed by atoms with Crippen molar-refractivity contribution in [1.82, 2.24) is 20.6 Å². The zero-order valence-electron chi connectivity index (χ0n) is 43.4. The van der Waals surface area contributed by atoms with Gasteiger partial charge in [0.1, 0.15) is 24.5 Å². The second kappa shape index (κ2) is 19.5. The average molecular weight is 1010 g/mol. The van der Waals surface area contributed by atoms with Gasteiger partial charge in [0, 0.05) is 54.9 Å². The number of aromatic nitrogens is 2. The third-order valence-corrected chi connectivity index (χ3v) is 22.7. The van der Waals surface area contributed by atoms with Gasteiger partial charge in [0.05, 0.1) is 42.6 Å². The molecule has 72 heavy (non-hydrogen) atoms. The minimum Gasteiger partial charge on any atom is -0.481 e. The van der Waals surface area contributed by atoms with E-state index in [1.165, 1.54) is 0 Å². The molecule has 2 aliphatic heterocycles. The van der Waals surface area contributed by atoms with Crippen molar-refractivity contribution >= 4 is 11.9 Å². The predicted molar refractivity (Wildman–Crippen MR) is 263 cm³/mol. The van der Waals surface area contributed by atoms with Crippen LogP contribution in [0, 0.1) is 79.3 Å². The van der Waals surface area contributed by atoms with Crippen molar-refractivity contribution in [1.29, 1.82) is 0 Å². The van der Waals surface area contributed by atoms with E-state index in [2.05, 4.69) is 47.4 Å². The number of H-pyrrole nitrogens is 1. The number of allylic oxidation sites excluding steroid dienone is 2. The summed E-state index contributed by atoms with van der Waals surface area (Å²) in [5, 5.41) is 109. The lowest BCUT2D eigenvalue weighted by Gasteiger charge is -2.74. The van der Waals surface area contributed by atoms with Crippen LogP contribution in [0.15, 0.2) is 24.2 Å². The first kappa shape index (κ1) is 54.2. The van der Waals surface area contributed by atoms with E-state index >= 15 is 0 Å². The zero-order chi connectivity index (χ0) is 52.1. The zero-order valence-corrected chi connectivity index (χ0v) is 43.4. The van der Waals surface area contributed by atoms with Gasteiger partial charge in [-0.15, -0.1) is 0 Å². The first-order valence-electron chi connectivity index (χ1n) is 27.1. The van der Waals surface area contributed by atoms with Crippen LogP contribution in [0.2, 0.25) is 0 Å². The van der Waals surface area contributed by atoms with Crippen molar-refractivity contribution in [3.63, 3.8) is 0 Å². The van der Waals surface area contributed by atoms with E-state index in [1.54, 1.807) is 19.6 Å². The van der Waals surface area contributed by atoms with Crippen LogP contribution in [0.5, 0.6) is 0 Å². The number of carboxylic acid groups (broad SMARTS) is 1. The highest BCUT2D eigenvalue weighted by molar-refractivity contribution is 5.86. The number of hydrogen-bond acceptors (Lipinski definition) is 15. The van der Waals surface area contributed by atoms with E-state index < -0.39 is 123 Å². The summed E-state index contributed by atoms with van der Waals surface area (Å²) in [7, 11) is 1.80. The topological polar surface area (TPSA) is 313 Å². The number of amides is 1. The highest BCUT2D eigenvalue weighted by Gasteiger charge is 2.75. The molecular weight excluding hydrogens is 927 g/mol. The van der Waals surface area contributed by atoms with Crippen molar-refractivity contribution < 1.29 is 65.0 Å². The van der Waals surface area contributed by atoms with Gasteiger partial charge in [0.25, 0.3) is 0 Å². The Bertz CT molecular complexity index is 2160. The summed E-state index contributed by atoms with van der Waals surface area (Å²) >= 11 is 0. The third-order valence-electron chi connectivity index (χ3n) is 22.7. The Hall–Kier alpha value is -2.59. The molecule has 2 saturated heterocycles. The SMILES string of the molecule is CNC[C@H](C[C@@H](c1cnc[nH]1)[C@@H]1NC(=O)C2(CCCC2)[C@@H]1C[C@H]1[C@@H](O)[C@@H](O[C@@H]2OC[C@@H](O)[C@H](O)[C@H]2O)[C@@](C)(CO)[C@H]2CC[C@]3(C)[C@H](CC=C4[C@@H]5C[C@@](C)(CO)CC[C@]5(C(=O)O)[C@H](CO)C[C@]43C)[C@]21C)[C@@H](N)O. The molecule has 18 heteroatoms. The van der Waals surface area contributed by atoms with Gasteiger partial charge in [-0.05, 0) is 135 Å². The number of ether oxygens (including phenoxy) is 2. The number of aromatic amines is 1. The lowest BCUT2D eigenvalue weighted by molar-refractivity contribution is -0.340. The minimum absolute atomic E-state index is 0.0444. The number of nitrogens with one attached hydrogen (secondary N) is 3. The van der Waals surface area contributed by atoms with E-state index in [9.17, 15) is 55.5 Å². The first-order valence-corrected chi connectivity index (χ1v) is 27.1. The van der Waals surface area contributed by atoms with E-state index in [4.69, 9.17) is 15.2 Å². The molecule has 7 fully saturated rings. The molecule has 6 aliphatic carbocycles. The normalized spacial score (nSPS) is 47.8. The number of aliphatic carboxylic acids is 1. The second-order valence-corrected chi connectivity index (χ2v) is 25.7. The predicted octanol–water partition coefficient (Wildman–Crippen LogP) is 2.13. The third kappa shape index (κ3) is 7.87. The summed E-state index contributed by atoms with van der Waals surface area (Å²) in [6, 6.07) is -0.487. The second-order valence-electron chi connectivity index (χ2n) is 25.7. The molecule has 1 aromatic rings. The molecule has 1 amide bonds. The Morgan fingerprint density at radius 1 is 0.958 bits per heavy atom. The van der Waals surface area contributed by atoms with Gasteiger partial charge in [0.15, 0.2) is 6.29 Å². The Morgan fingerprint density at radius 3 is 2.29 bits per heavy atom. The Morgan fingerprint density at radius 2 is 1.68 bits per heavy atom. The molecule has 18 nitrogen and oxygen atoms in total. The van der Waals surface area contributed by atoms with Crippen LogP contribution in [-0.2, 0) is 19.1 Å². The number of carboxylic acids is 1. The van der Waals surface area contributed by atoms with Gasteiger partial charge in [-0.2, -0.15) is 0 Å². The van der Waals surface area contributed by atoms with Gasteiger partial charge in [-0.25, -0.2) is 4.98 Å². The highest BCUT2D eigenvalue weighted by Crippen LogP contribution is 2.78. The fourth-order valence-corrected chi connectivity index (χ4v) is 18.5. The Balaban J connectivity index is 1.21. The number of rotatable bonds is 15. The van der Waals surface area contributed by atoms with Crippen molar-refractivity contribution in [2.24, 2.45) is 85.1 Å². The average Bonchev–Trinajstić information content (AvgIpc) is 4.13. The van der Waals surface area contributed by atoms with Crippen LogP contribution in [0.25, 0.3) is 0 Å². The maximum Gasteiger partial charge on any atom is 0.310 e. The lowest BCUT2D eigenvalue weighted by Crippen LogP contribution is -2.73. The quantitative estimate of drug-likeness (QED) is 0.0680. The number of hydrogen-bond donors (Lipinski definition) is 13. The van der Waals surface area contributed by atoms with Gasteiger partial charge in [-0.1, -0.05) is 59.1 Å².